The van der Waals surface area contributed by atoms with Crippen molar-refractivity contribution in [1.82, 2.24) is 4.31 Å². The van der Waals surface area contributed by atoms with Crippen molar-refractivity contribution < 1.29 is 18.3 Å². The van der Waals surface area contributed by atoms with E-state index in [1.54, 1.807) is 4.31 Å². The van der Waals surface area contributed by atoms with Gasteiger partial charge < -0.3 is 5.11 Å². The van der Waals surface area contributed by atoms with Crippen LogP contribution in [-0.4, -0.2) is 36.4 Å². The number of aliphatic carboxylic acids is 1. The number of hydrogen-bond donors (Lipinski definition) is 1. The summed E-state index contributed by atoms with van der Waals surface area (Å²) in [5, 5.41) is 8.75. The van der Waals surface area contributed by atoms with Crippen molar-refractivity contribution in [2.45, 2.75) is 57.2 Å². The van der Waals surface area contributed by atoms with E-state index >= 15 is 0 Å². The third kappa shape index (κ3) is 5.32. The highest BCUT2D eigenvalue weighted by Gasteiger charge is 2.31. The maximum Gasteiger partial charge on any atom is 0.303 e. The molecule has 2 rings (SSSR count). The van der Waals surface area contributed by atoms with Crippen LogP contribution in [-0.2, 0) is 20.6 Å². The molecule has 1 heterocycles. The molecule has 6 heteroatoms. The van der Waals surface area contributed by atoms with Crippen LogP contribution in [0.1, 0.15) is 49.7 Å². The van der Waals surface area contributed by atoms with Gasteiger partial charge in [0.15, 0.2) is 0 Å². The van der Waals surface area contributed by atoms with Gasteiger partial charge in [0.1, 0.15) is 0 Å². The van der Waals surface area contributed by atoms with Gasteiger partial charge in [0.25, 0.3) is 0 Å². The first-order valence-electron chi connectivity index (χ1n) is 8.15. The Kier molecular flexibility index (Phi) is 6.18. The van der Waals surface area contributed by atoms with Crippen LogP contribution in [0, 0.1) is 6.92 Å². The lowest BCUT2D eigenvalue weighted by atomic mass is 10.00. The Morgan fingerprint density at radius 3 is 2.61 bits per heavy atom. The zero-order chi connectivity index (χ0) is 16.9. The molecule has 1 atom stereocenters. The molecule has 1 aromatic rings. The van der Waals surface area contributed by atoms with E-state index in [4.69, 9.17) is 5.11 Å². The third-order valence-electron chi connectivity index (χ3n) is 4.33. The molecule has 1 aliphatic rings. The van der Waals surface area contributed by atoms with Crippen LogP contribution in [0.25, 0.3) is 0 Å². The highest BCUT2D eigenvalue weighted by molar-refractivity contribution is 7.88. The second kappa shape index (κ2) is 7.93. The molecular formula is C17H25NO4S. The molecule has 0 spiro atoms. The largest absolute Gasteiger partial charge is 0.481 e. The number of aryl methyl sites for hydroxylation is 1. The number of carbonyl (C=O) groups is 1. The Labute approximate surface area is 138 Å². The fraction of sp³-hybridized carbons (Fsp3) is 0.588. The van der Waals surface area contributed by atoms with Gasteiger partial charge in [-0.25, -0.2) is 8.42 Å². The Bertz CT molecular complexity index is 624. The summed E-state index contributed by atoms with van der Waals surface area (Å²) in [6.45, 7) is 2.52. The van der Waals surface area contributed by atoms with Crippen LogP contribution in [0.4, 0.5) is 0 Å². The minimum Gasteiger partial charge on any atom is -0.481 e. The number of piperidine rings is 1. The fourth-order valence-electron chi connectivity index (χ4n) is 3.10. The maximum atomic E-state index is 12.8. The van der Waals surface area contributed by atoms with Gasteiger partial charge in [0.2, 0.25) is 10.0 Å². The molecule has 1 aliphatic heterocycles. The van der Waals surface area contributed by atoms with Gasteiger partial charge in [-0.1, -0.05) is 36.2 Å². The molecule has 1 unspecified atom stereocenters. The minimum atomic E-state index is -3.36. The summed E-state index contributed by atoms with van der Waals surface area (Å²) < 4.78 is 27.1. The van der Waals surface area contributed by atoms with E-state index in [9.17, 15) is 13.2 Å². The fourth-order valence-corrected chi connectivity index (χ4v) is 4.95. The molecule has 0 aromatic heterocycles. The monoisotopic (exact) mass is 339 g/mol. The normalized spacial score (nSPS) is 19.6. The molecule has 0 aliphatic carbocycles. The lowest BCUT2D eigenvalue weighted by Gasteiger charge is -2.34. The van der Waals surface area contributed by atoms with Crippen LogP contribution in [0.3, 0.4) is 0 Å². The molecule has 0 saturated carbocycles. The second-order valence-electron chi connectivity index (χ2n) is 6.29. The van der Waals surface area contributed by atoms with Crippen molar-refractivity contribution >= 4 is 16.0 Å². The number of carboxylic acid groups (broad SMARTS) is 1. The van der Waals surface area contributed by atoms with E-state index in [0.717, 1.165) is 30.4 Å². The highest BCUT2D eigenvalue weighted by atomic mass is 32.2. The smallest absolute Gasteiger partial charge is 0.303 e. The van der Waals surface area contributed by atoms with Crippen LogP contribution in [0.15, 0.2) is 24.3 Å². The lowest BCUT2D eigenvalue weighted by Crippen LogP contribution is -2.44. The van der Waals surface area contributed by atoms with E-state index in [0.29, 0.717) is 19.4 Å². The molecule has 1 saturated heterocycles. The number of hydrogen-bond acceptors (Lipinski definition) is 3. The molecule has 0 bridgehead atoms. The predicted molar refractivity (Wildman–Crippen MR) is 89.6 cm³/mol. The van der Waals surface area contributed by atoms with Crippen molar-refractivity contribution in [2.24, 2.45) is 0 Å². The minimum absolute atomic E-state index is 0.0166. The highest BCUT2D eigenvalue weighted by Crippen LogP contribution is 2.26. The van der Waals surface area contributed by atoms with Gasteiger partial charge in [-0.2, -0.15) is 4.31 Å². The first-order chi connectivity index (χ1) is 10.9. The third-order valence-corrected chi connectivity index (χ3v) is 6.22. The standard InChI is InChI=1S/C17H25NO4S/c1-14-8-10-15(11-9-14)13-23(21,22)18-12-3-2-5-16(18)6-4-7-17(19)20/h8-11,16H,2-7,12-13H2,1H3,(H,19,20). The van der Waals surface area contributed by atoms with Crippen LogP contribution >= 0.6 is 0 Å². The van der Waals surface area contributed by atoms with E-state index in [1.165, 1.54) is 0 Å². The Balaban J connectivity index is 2.05. The summed E-state index contributed by atoms with van der Waals surface area (Å²) in [5.74, 6) is -0.808. The van der Waals surface area contributed by atoms with Crippen LogP contribution < -0.4 is 0 Å². The second-order valence-corrected chi connectivity index (χ2v) is 8.21. The first-order valence-corrected chi connectivity index (χ1v) is 9.76. The maximum absolute atomic E-state index is 12.8. The van der Waals surface area contributed by atoms with Gasteiger partial charge in [-0.15, -0.1) is 0 Å². The lowest BCUT2D eigenvalue weighted by molar-refractivity contribution is -0.137. The van der Waals surface area contributed by atoms with Gasteiger partial charge in [0.05, 0.1) is 5.75 Å². The molecule has 5 nitrogen and oxygen atoms in total. The number of nitrogens with zero attached hydrogens (tertiary/aromatic N) is 1. The number of rotatable bonds is 7. The summed E-state index contributed by atoms with van der Waals surface area (Å²) in [5.41, 5.74) is 1.90. The molecular weight excluding hydrogens is 314 g/mol. The average molecular weight is 339 g/mol. The Morgan fingerprint density at radius 2 is 1.96 bits per heavy atom. The molecule has 0 amide bonds. The molecule has 23 heavy (non-hydrogen) atoms. The summed E-state index contributed by atoms with van der Waals surface area (Å²) >= 11 is 0. The van der Waals surface area contributed by atoms with Crippen molar-refractivity contribution in [3.8, 4) is 0 Å². The first kappa shape index (κ1) is 17.9. The Hall–Kier alpha value is -1.40. The van der Waals surface area contributed by atoms with E-state index in [-0.39, 0.29) is 18.2 Å². The van der Waals surface area contributed by atoms with Gasteiger partial charge in [-0.05, 0) is 38.2 Å². The van der Waals surface area contributed by atoms with Crippen molar-refractivity contribution in [3.05, 3.63) is 35.4 Å². The molecule has 1 N–H and O–H groups in total. The summed E-state index contributed by atoms with van der Waals surface area (Å²) in [7, 11) is -3.36. The quantitative estimate of drug-likeness (QED) is 0.829. The average Bonchev–Trinajstić information content (AvgIpc) is 2.49. The predicted octanol–water partition coefficient (Wildman–Crippen LogP) is 2.93. The van der Waals surface area contributed by atoms with Crippen molar-refractivity contribution in [2.75, 3.05) is 6.54 Å². The summed E-state index contributed by atoms with van der Waals surface area (Å²) in [6.07, 6.45) is 3.96. The zero-order valence-electron chi connectivity index (χ0n) is 13.6. The number of carboxylic acids is 1. The van der Waals surface area contributed by atoms with E-state index < -0.39 is 16.0 Å². The van der Waals surface area contributed by atoms with Crippen molar-refractivity contribution in [3.63, 3.8) is 0 Å². The van der Waals surface area contributed by atoms with E-state index in [2.05, 4.69) is 0 Å². The zero-order valence-corrected chi connectivity index (χ0v) is 14.4. The molecule has 0 radical (unpaired) electrons. The SMILES string of the molecule is Cc1ccc(CS(=O)(=O)N2CCCCC2CCCC(=O)O)cc1. The topological polar surface area (TPSA) is 74.7 Å². The summed E-state index contributed by atoms with van der Waals surface area (Å²) in [6, 6.07) is 7.50. The van der Waals surface area contributed by atoms with Crippen molar-refractivity contribution in [1.29, 1.82) is 0 Å². The van der Waals surface area contributed by atoms with Gasteiger partial charge in [-0.3, -0.25) is 4.79 Å². The summed E-state index contributed by atoms with van der Waals surface area (Å²) in [4.78, 5) is 10.7. The molecule has 1 fully saturated rings. The van der Waals surface area contributed by atoms with Crippen LogP contribution in [0.2, 0.25) is 0 Å². The molecule has 1 aromatic carbocycles. The number of benzene rings is 1. The van der Waals surface area contributed by atoms with Gasteiger partial charge >= 0.3 is 5.97 Å². The van der Waals surface area contributed by atoms with Crippen LogP contribution in [0.5, 0.6) is 0 Å². The Morgan fingerprint density at radius 1 is 1.26 bits per heavy atom. The van der Waals surface area contributed by atoms with Gasteiger partial charge in [0, 0.05) is 19.0 Å². The molecule has 128 valence electrons. The number of sulfonamides is 1. The van der Waals surface area contributed by atoms with E-state index in [1.807, 2.05) is 31.2 Å².